The fraction of sp³-hybridized carbons (Fsp3) is 0.917. The molecule has 3 rings (SSSR count). The predicted octanol–water partition coefficient (Wildman–Crippen LogP) is 4.83. The number of β-amino-alcohol motifs (C(OH)–C–C–N with tert-alkyl or cyclic N) is 1. The third-order valence-electron chi connectivity index (χ3n) is 5.14. The second-order valence-electron chi connectivity index (χ2n) is 12.8. The number of aliphatic hydroxyl groups is 1. The Morgan fingerprint density at radius 2 is 1.00 bits per heavy atom. The van der Waals surface area contributed by atoms with Crippen molar-refractivity contribution in [1.82, 2.24) is 15.1 Å². The summed E-state index contributed by atoms with van der Waals surface area (Å²) >= 11 is 0. The summed E-state index contributed by atoms with van der Waals surface area (Å²) in [5.74, 6) is 0. The van der Waals surface area contributed by atoms with Crippen LogP contribution in [0.15, 0.2) is 0 Å². The molecule has 0 saturated carbocycles. The molecule has 10 nitrogen and oxygen atoms in total. The molecule has 3 fully saturated rings. The van der Waals surface area contributed by atoms with E-state index in [2.05, 4.69) is 14.8 Å². The largest absolute Gasteiger partial charge is 0.523 e. The van der Waals surface area contributed by atoms with Crippen molar-refractivity contribution >= 4 is 24.6 Å². The van der Waals surface area contributed by atoms with Gasteiger partial charge in [-0.25, -0.2) is 9.59 Å². The van der Waals surface area contributed by atoms with Gasteiger partial charge in [-0.3, -0.25) is 9.47 Å². The summed E-state index contributed by atoms with van der Waals surface area (Å²) in [6, 6.07) is 0. The number of carbonyl (C=O) groups is 2. The minimum Gasteiger partial charge on any atom is -0.444 e. The lowest BCUT2D eigenvalue weighted by molar-refractivity contribution is -0.378. The maximum Gasteiger partial charge on any atom is 0.523 e. The Hall–Kier alpha value is -1.75. The summed E-state index contributed by atoms with van der Waals surface area (Å²) in [5, 5.41) is 12.1. The number of hydrogen-bond donors (Lipinski definition) is 2. The van der Waals surface area contributed by atoms with Crippen molar-refractivity contribution in [2.24, 2.45) is 0 Å². The summed E-state index contributed by atoms with van der Waals surface area (Å²) in [6.07, 6.45) is -10.2. The number of ether oxygens (including phenoxy) is 4. The number of nitrogens with one attached hydrogen (secondary N) is 1. The van der Waals surface area contributed by atoms with Gasteiger partial charge >= 0.3 is 24.9 Å². The molecule has 0 aliphatic carbocycles. The van der Waals surface area contributed by atoms with Gasteiger partial charge in [0, 0.05) is 13.1 Å². The minimum atomic E-state index is -4.69. The van der Waals surface area contributed by atoms with Gasteiger partial charge in [0.05, 0.1) is 37.4 Å². The third-order valence-corrected chi connectivity index (χ3v) is 5.14. The summed E-state index contributed by atoms with van der Waals surface area (Å²) in [5.41, 5.74) is -4.24. The van der Waals surface area contributed by atoms with Crippen molar-refractivity contribution in [3.8, 4) is 0 Å². The Balaban J connectivity index is 0.000000598. The van der Waals surface area contributed by atoms with Gasteiger partial charge in [-0.05, 0) is 62.3 Å². The van der Waals surface area contributed by atoms with Crippen molar-refractivity contribution in [1.29, 1.82) is 0 Å². The fourth-order valence-corrected chi connectivity index (χ4v) is 3.62. The van der Waals surface area contributed by atoms with Crippen LogP contribution < -0.4 is 5.32 Å². The highest BCUT2D eigenvalue weighted by atomic mass is 35.5. The maximum absolute atomic E-state index is 12.0. The first-order valence-electron chi connectivity index (χ1n) is 12.4. The molecule has 3 aliphatic heterocycles. The molecule has 0 aromatic rings. The number of amides is 2. The van der Waals surface area contributed by atoms with Crippen LogP contribution in [0, 0.1) is 0 Å². The Morgan fingerprint density at radius 3 is 1.22 bits per heavy atom. The molecular formula is C24H42ClF6N3O7. The standard InChI is InChI=1S/C10H16F3NO3.C9H17NO3.C5H8F3NO.ClH/c1-8(2,3)16-7(15)14-5-9(4,6-14)17-10(11,12)13;1-8(2,3)13-7(11)10-5-9(4,12)6-10;1-4(2-9-3-4)10-5(6,7)8;/h5-6H2,1-4H3;12H,5-6H2,1-4H3;9H,2-3H2,1H3;1H. The number of nitrogens with zero attached hydrogens (tertiary/aromatic N) is 2. The van der Waals surface area contributed by atoms with E-state index in [1.54, 1.807) is 27.7 Å². The van der Waals surface area contributed by atoms with Crippen molar-refractivity contribution in [2.75, 3.05) is 39.3 Å². The van der Waals surface area contributed by atoms with E-state index in [0.29, 0.717) is 13.1 Å². The zero-order valence-electron chi connectivity index (χ0n) is 24.7. The van der Waals surface area contributed by atoms with Gasteiger partial charge in [-0.1, -0.05) is 0 Å². The normalized spacial score (nSPS) is 20.7. The lowest BCUT2D eigenvalue weighted by Gasteiger charge is -2.47. The lowest BCUT2D eigenvalue weighted by atomic mass is 9.97. The molecule has 0 aromatic carbocycles. The van der Waals surface area contributed by atoms with Crippen LogP contribution >= 0.6 is 12.4 Å². The molecule has 244 valence electrons. The highest BCUT2D eigenvalue weighted by Gasteiger charge is 2.50. The van der Waals surface area contributed by atoms with Gasteiger partial charge in [-0.2, -0.15) is 0 Å². The Morgan fingerprint density at radius 1 is 0.683 bits per heavy atom. The quantitative estimate of drug-likeness (QED) is 0.417. The van der Waals surface area contributed by atoms with Gasteiger partial charge in [0.25, 0.3) is 0 Å². The SMILES string of the molecule is CC(C)(C)OC(=O)N1CC(C)(OC(F)(F)F)C1.CC1(O)CN(C(=O)OC(C)(C)C)C1.CC1(OC(F)(F)F)CNC1.Cl. The Bertz CT molecular complexity index is 871. The molecule has 2 N–H and O–H groups in total. The van der Waals surface area contributed by atoms with Crippen LogP contribution in [0.4, 0.5) is 35.9 Å². The van der Waals surface area contributed by atoms with Crippen molar-refractivity contribution in [3.63, 3.8) is 0 Å². The third kappa shape index (κ3) is 15.9. The predicted molar refractivity (Wildman–Crippen MR) is 137 cm³/mol. The first-order chi connectivity index (χ1) is 17.5. The average Bonchev–Trinajstić information content (AvgIpc) is 2.58. The van der Waals surface area contributed by atoms with Crippen LogP contribution in [-0.2, 0) is 18.9 Å². The molecule has 0 radical (unpaired) electrons. The molecule has 3 saturated heterocycles. The second kappa shape index (κ2) is 13.3. The van der Waals surface area contributed by atoms with E-state index >= 15 is 0 Å². The zero-order valence-corrected chi connectivity index (χ0v) is 25.5. The van der Waals surface area contributed by atoms with Gasteiger partial charge in [0.1, 0.15) is 16.8 Å². The zero-order chi connectivity index (χ0) is 31.6. The van der Waals surface area contributed by atoms with Crippen LogP contribution in [0.3, 0.4) is 0 Å². The van der Waals surface area contributed by atoms with Gasteiger partial charge in [0.2, 0.25) is 0 Å². The highest BCUT2D eigenvalue weighted by Crippen LogP contribution is 2.33. The number of carbonyl (C=O) groups excluding carboxylic acids is 2. The molecule has 0 atom stereocenters. The summed E-state index contributed by atoms with van der Waals surface area (Å²) in [6.45, 7) is 16.0. The van der Waals surface area contributed by atoms with Crippen LogP contribution in [0.25, 0.3) is 0 Å². The van der Waals surface area contributed by atoms with E-state index in [9.17, 15) is 41.0 Å². The van der Waals surface area contributed by atoms with Gasteiger partial charge in [-0.15, -0.1) is 38.7 Å². The first kappa shape index (κ1) is 39.2. The summed E-state index contributed by atoms with van der Waals surface area (Å²) in [7, 11) is 0. The Kier molecular flexibility index (Phi) is 12.7. The van der Waals surface area contributed by atoms with Gasteiger partial charge in [0.15, 0.2) is 0 Å². The monoisotopic (exact) mass is 633 g/mol. The van der Waals surface area contributed by atoms with E-state index in [4.69, 9.17) is 9.47 Å². The maximum atomic E-state index is 12.0. The molecule has 0 unspecified atom stereocenters. The molecule has 41 heavy (non-hydrogen) atoms. The summed E-state index contributed by atoms with van der Waals surface area (Å²) < 4.78 is 88.5. The van der Waals surface area contributed by atoms with Crippen LogP contribution in [-0.4, -0.2) is 107 Å². The average molecular weight is 634 g/mol. The van der Waals surface area contributed by atoms with Crippen molar-refractivity contribution < 1.29 is 60.0 Å². The molecule has 3 aliphatic rings. The minimum absolute atomic E-state index is 0. The molecule has 2 amide bonds. The number of hydrogen-bond acceptors (Lipinski definition) is 8. The smallest absolute Gasteiger partial charge is 0.444 e. The number of likely N-dealkylation sites (tertiary alicyclic amines) is 2. The van der Waals surface area contributed by atoms with E-state index in [-0.39, 0.29) is 44.7 Å². The molecule has 3 heterocycles. The molecule has 0 bridgehead atoms. The van der Waals surface area contributed by atoms with Crippen LogP contribution in [0.1, 0.15) is 62.3 Å². The molecular weight excluding hydrogens is 592 g/mol. The highest BCUT2D eigenvalue weighted by molar-refractivity contribution is 5.85. The van der Waals surface area contributed by atoms with Gasteiger partial charge < -0.3 is 29.7 Å². The second-order valence-corrected chi connectivity index (χ2v) is 12.8. The molecule has 17 heteroatoms. The molecule has 0 spiro atoms. The van der Waals surface area contributed by atoms with E-state index in [0.717, 1.165) is 0 Å². The summed E-state index contributed by atoms with van der Waals surface area (Å²) in [4.78, 5) is 25.5. The Labute approximate surface area is 242 Å². The van der Waals surface area contributed by atoms with Crippen LogP contribution in [0.5, 0.6) is 0 Å². The van der Waals surface area contributed by atoms with Crippen LogP contribution in [0.2, 0.25) is 0 Å². The fourth-order valence-electron chi connectivity index (χ4n) is 3.62. The number of halogens is 7. The number of alkyl halides is 6. The van der Waals surface area contributed by atoms with E-state index in [1.807, 2.05) is 20.8 Å². The lowest BCUT2D eigenvalue weighted by Crippen LogP contribution is -2.65. The topological polar surface area (TPSA) is 110 Å². The first-order valence-corrected chi connectivity index (χ1v) is 12.4. The number of rotatable bonds is 2. The van der Waals surface area contributed by atoms with Crippen molar-refractivity contribution in [2.45, 2.75) is 103 Å². The molecule has 0 aromatic heterocycles. The van der Waals surface area contributed by atoms with Crippen molar-refractivity contribution in [3.05, 3.63) is 0 Å². The van der Waals surface area contributed by atoms with E-state index < -0.39 is 46.8 Å². The van der Waals surface area contributed by atoms with E-state index in [1.165, 1.54) is 23.6 Å².